The van der Waals surface area contributed by atoms with Crippen molar-refractivity contribution in [2.45, 2.75) is 38.6 Å². The molecule has 0 amide bonds. The topological polar surface area (TPSA) is 30.9 Å². The van der Waals surface area contributed by atoms with Crippen molar-refractivity contribution in [2.75, 3.05) is 52.3 Å². The number of thioether (sulfide) groups is 1. The molecule has 1 saturated heterocycles. The summed E-state index contributed by atoms with van der Waals surface area (Å²) in [7, 11) is 4.04. The van der Waals surface area contributed by atoms with Crippen LogP contribution in [0.3, 0.4) is 0 Å². The van der Waals surface area contributed by atoms with Gasteiger partial charge >= 0.3 is 0 Å². The molecule has 1 atom stereocenters. The van der Waals surface area contributed by atoms with E-state index >= 15 is 0 Å². The van der Waals surface area contributed by atoms with Gasteiger partial charge in [-0.2, -0.15) is 11.8 Å². The monoisotopic (exact) mass is 428 g/mol. The van der Waals surface area contributed by atoms with Crippen LogP contribution in [0.25, 0.3) is 0 Å². The zero-order valence-electron chi connectivity index (χ0n) is 14.1. The molecule has 1 rings (SSSR count). The number of aliphatic imine (C=N–C) groups is 1. The molecule has 126 valence electrons. The van der Waals surface area contributed by atoms with E-state index in [1.54, 1.807) is 0 Å². The van der Waals surface area contributed by atoms with E-state index < -0.39 is 0 Å². The van der Waals surface area contributed by atoms with Gasteiger partial charge in [-0.1, -0.05) is 6.92 Å². The lowest BCUT2D eigenvalue weighted by Gasteiger charge is -2.29. The van der Waals surface area contributed by atoms with Crippen LogP contribution in [0.2, 0.25) is 0 Å². The Kier molecular flexibility index (Phi) is 13.0. The second-order valence-electron chi connectivity index (χ2n) is 5.48. The van der Waals surface area contributed by atoms with E-state index in [1.165, 1.54) is 44.5 Å². The molecule has 0 aliphatic carbocycles. The maximum absolute atomic E-state index is 4.41. The quantitative estimate of drug-likeness (QED) is 0.279. The Morgan fingerprint density at radius 1 is 1.43 bits per heavy atom. The Hall–Kier alpha value is 0.310. The van der Waals surface area contributed by atoms with Crippen molar-refractivity contribution >= 4 is 41.7 Å². The third-order valence-electron chi connectivity index (χ3n) is 4.02. The molecule has 1 fully saturated rings. The zero-order valence-corrected chi connectivity index (χ0v) is 17.2. The molecule has 0 aromatic rings. The van der Waals surface area contributed by atoms with Crippen LogP contribution >= 0.6 is 35.7 Å². The van der Waals surface area contributed by atoms with Gasteiger partial charge in [0.1, 0.15) is 0 Å². The zero-order chi connectivity index (χ0) is 14.8. The number of hydrogen-bond acceptors (Lipinski definition) is 3. The highest BCUT2D eigenvalue weighted by molar-refractivity contribution is 14.0. The Balaban J connectivity index is 0.00000400. The van der Waals surface area contributed by atoms with Gasteiger partial charge in [0, 0.05) is 33.2 Å². The fourth-order valence-electron chi connectivity index (χ4n) is 2.88. The molecule has 21 heavy (non-hydrogen) atoms. The van der Waals surface area contributed by atoms with Crippen molar-refractivity contribution < 1.29 is 0 Å². The first-order chi connectivity index (χ1) is 9.72. The van der Waals surface area contributed by atoms with Crippen LogP contribution in [-0.2, 0) is 0 Å². The van der Waals surface area contributed by atoms with Gasteiger partial charge in [-0.25, -0.2) is 0 Å². The summed E-state index contributed by atoms with van der Waals surface area (Å²) in [5.74, 6) is 2.29. The third kappa shape index (κ3) is 7.93. The van der Waals surface area contributed by atoms with E-state index in [0.29, 0.717) is 6.04 Å². The van der Waals surface area contributed by atoms with Gasteiger partial charge in [-0.05, 0) is 50.8 Å². The standard InChI is InChI=1S/C15H32N4S.HI/c1-5-19-11-8-9-14(19)13-18(3)15(16-2)17-10-6-7-12-20-4;/h14H,5-13H2,1-4H3,(H,16,17);1H. The molecule has 1 aliphatic rings. The summed E-state index contributed by atoms with van der Waals surface area (Å²) < 4.78 is 0. The lowest BCUT2D eigenvalue weighted by Crippen LogP contribution is -2.46. The minimum absolute atomic E-state index is 0. The Morgan fingerprint density at radius 2 is 2.19 bits per heavy atom. The number of rotatable bonds is 8. The van der Waals surface area contributed by atoms with Crippen LogP contribution in [0.4, 0.5) is 0 Å². The summed E-state index contributed by atoms with van der Waals surface area (Å²) in [6, 6.07) is 0.694. The van der Waals surface area contributed by atoms with Gasteiger partial charge in [-0.3, -0.25) is 9.89 Å². The van der Waals surface area contributed by atoms with Gasteiger partial charge in [-0.15, -0.1) is 24.0 Å². The van der Waals surface area contributed by atoms with Crippen LogP contribution in [0.5, 0.6) is 0 Å². The summed E-state index contributed by atoms with van der Waals surface area (Å²) in [5.41, 5.74) is 0. The summed E-state index contributed by atoms with van der Waals surface area (Å²) in [5, 5.41) is 3.48. The Morgan fingerprint density at radius 3 is 2.81 bits per heavy atom. The van der Waals surface area contributed by atoms with E-state index in [4.69, 9.17) is 0 Å². The molecule has 0 saturated carbocycles. The number of unbranched alkanes of at least 4 members (excludes halogenated alkanes) is 1. The third-order valence-corrected chi connectivity index (χ3v) is 4.72. The molecule has 6 heteroatoms. The van der Waals surface area contributed by atoms with Crippen molar-refractivity contribution in [3.8, 4) is 0 Å². The second-order valence-corrected chi connectivity index (χ2v) is 6.46. The number of likely N-dealkylation sites (N-methyl/N-ethyl adjacent to an activating group) is 2. The van der Waals surface area contributed by atoms with E-state index in [2.05, 4.69) is 40.3 Å². The summed E-state index contributed by atoms with van der Waals surface area (Å²) in [6.45, 7) is 6.80. The molecule has 0 spiro atoms. The molecule has 1 heterocycles. The van der Waals surface area contributed by atoms with Crippen LogP contribution in [-0.4, -0.2) is 74.1 Å². The van der Waals surface area contributed by atoms with E-state index in [1.807, 2.05) is 18.8 Å². The summed E-state index contributed by atoms with van der Waals surface area (Å²) >= 11 is 1.92. The van der Waals surface area contributed by atoms with Gasteiger partial charge < -0.3 is 10.2 Å². The van der Waals surface area contributed by atoms with Gasteiger partial charge in [0.2, 0.25) is 0 Å². The van der Waals surface area contributed by atoms with Gasteiger partial charge in [0.25, 0.3) is 0 Å². The van der Waals surface area contributed by atoms with E-state index in [0.717, 1.165) is 19.0 Å². The van der Waals surface area contributed by atoms with Crippen molar-refractivity contribution in [1.29, 1.82) is 0 Å². The normalized spacial score (nSPS) is 19.4. The molecule has 0 aromatic heterocycles. The van der Waals surface area contributed by atoms with Crippen LogP contribution in [0.1, 0.15) is 32.6 Å². The van der Waals surface area contributed by atoms with Crippen LogP contribution < -0.4 is 5.32 Å². The summed E-state index contributed by atoms with van der Waals surface area (Å²) in [4.78, 5) is 9.28. The first kappa shape index (κ1) is 21.3. The van der Waals surface area contributed by atoms with Gasteiger partial charge in [0.05, 0.1) is 0 Å². The first-order valence-corrected chi connectivity index (χ1v) is 9.27. The average Bonchev–Trinajstić information content (AvgIpc) is 2.90. The highest BCUT2D eigenvalue weighted by atomic mass is 127. The van der Waals surface area contributed by atoms with Crippen molar-refractivity contribution in [3.05, 3.63) is 0 Å². The molecule has 0 aromatic carbocycles. The molecular formula is C15H33IN4S. The molecule has 4 nitrogen and oxygen atoms in total. The lowest BCUT2D eigenvalue weighted by atomic mass is 10.2. The lowest BCUT2D eigenvalue weighted by molar-refractivity contribution is 0.232. The fourth-order valence-corrected chi connectivity index (χ4v) is 3.37. The molecule has 1 aliphatic heterocycles. The smallest absolute Gasteiger partial charge is 0.193 e. The predicted octanol–water partition coefficient (Wildman–Crippen LogP) is 2.74. The number of nitrogens with one attached hydrogen (secondary N) is 1. The number of likely N-dealkylation sites (tertiary alicyclic amines) is 1. The first-order valence-electron chi connectivity index (χ1n) is 7.87. The highest BCUT2D eigenvalue weighted by Gasteiger charge is 2.24. The number of guanidine groups is 1. The molecule has 1 N–H and O–H groups in total. The average molecular weight is 428 g/mol. The van der Waals surface area contributed by atoms with Crippen LogP contribution in [0.15, 0.2) is 4.99 Å². The Labute approximate surface area is 152 Å². The number of halogens is 1. The van der Waals surface area contributed by atoms with Crippen molar-refractivity contribution in [3.63, 3.8) is 0 Å². The van der Waals surface area contributed by atoms with E-state index in [-0.39, 0.29) is 24.0 Å². The van der Waals surface area contributed by atoms with E-state index in [9.17, 15) is 0 Å². The number of hydrogen-bond donors (Lipinski definition) is 1. The SMILES string of the molecule is CCN1CCCC1CN(C)C(=NC)NCCCCSC.I. The van der Waals surface area contributed by atoms with Crippen LogP contribution in [0, 0.1) is 0 Å². The maximum atomic E-state index is 4.41. The van der Waals surface area contributed by atoms with Gasteiger partial charge in [0.15, 0.2) is 5.96 Å². The molecule has 1 unspecified atom stereocenters. The molecule has 0 radical (unpaired) electrons. The largest absolute Gasteiger partial charge is 0.356 e. The minimum atomic E-state index is 0. The number of nitrogens with zero attached hydrogens (tertiary/aromatic N) is 3. The maximum Gasteiger partial charge on any atom is 0.193 e. The molecular weight excluding hydrogens is 395 g/mol. The van der Waals surface area contributed by atoms with Crippen molar-refractivity contribution in [2.24, 2.45) is 4.99 Å². The highest BCUT2D eigenvalue weighted by Crippen LogP contribution is 2.17. The fraction of sp³-hybridized carbons (Fsp3) is 0.933. The molecule has 0 bridgehead atoms. The Bertz CT molecular complexity index is 289. The van der Waals surface area contributed by atoms with Crippen molar-refractivity contribution in [1.82, 2.24) is 15.1 Å². The minimum Gasteiger partial charge on any atom is -0.356 e. The summed E-state index contributed by atoms with van der Waals surface area (Å²) in [6.07, 6.45) is 7.33. The second kappa shape index (κ2) is 12.8. The predicted molar refractivity (Wildman–Crippen MR) is 107 cm³/mol.